The number of halogens is 1. The minimum atomic E-state index is -3.69. The number of hydrogen-bond acceptors (Lipinski definition) is 4. The standard InChI is InChI=1S/C13H19ClN2O4S/c1-2-10(5-6-12(17)18)7-9-16-21(19,20)11-4-3-8-15-13(11)14/h3-4,8,10,16H,2,5-7,9H2,1H3,(H,17,18). The Kier molecular flexibility index (Phi) is 7.07. The summed E-state index contributed by atoms with van der Waals surface area (Å²) in [5.74, 6) is -0.663. The van der Waals surface area contributed by atoms with E-state index in [0.29, 0.717) is 12.8 Å². The molecule has 1 rings (SSSR count). The first-order valence-electron chi connectivity index (χ1n) is 6.68. The average Bonchev–Trinajstić information content (AvgIpc) is 2.42. The van der Waals surface area contributed by atoms with Crippen LogP contribution in [0, 0.1) is 5.92 Å². The van der Waals surface area contributed by atoms with Gasteiger partial charge in [-0.2, -0.15) is 0 Å². The first-order valence-corrected chi connectivity index (χ1v) is 8.55. The molecule has 1 aromatic heterocycles. The van der Waals surface area contributed by atoms with Crippen LogP contribution in [-0.2, 0) is 14.8 Å². The molecule has 1 unspecified atom stereocenters. The van der Waals surface area contributed by atoms with Crippen molar-refractivity contribution in [3.05, 3.63) is 23.5 Å². The predicted octanol–water partition coefficient (Wildman–Crippen LogP) is 2.29. The summed E-state index contributed by atoms with van der Waals surface area (Å²) in [6.45, 7) is 2.20. The second-order valence-electron chi connectivity index (χ2n) is 4.69. The van der Waals surface area contributed by atoms with Gasteiger partial charge in [0.05, 0.1) is 0 Å². The summed E-state index contributed by atoms with van der Waals surface area (Å²) in [7, 11) is -3.69. The van der Waals surface area contributed by atoms with Crippen LogP contribution in [0.1, 0.15) is 32.6 Å². The molecule has 0 aliphatic rings. The lowest BCUT2D eigenvalue weighted by Gasteiger charge is -2.14. The van der Waals surface area contributed by atoms with Gasteiger partial charge in [-0.3, -0.25) is 4.79 Å². The Morgan fingerprint density at radius 1 is 1.48 bits per heavy atom. The second-order valence-corrected chi connectivity index (χ2v) is 6.78. The number of nitrogens with one attached hydrogen (secondary N) is 1. The molecule has 0 saturated carbocycles. The molecule has 1 heterocycles. The first kappa shape index (κ1) is 17.9. The van der Waals surface area contributed by atoms with Crippen LogP contribution in [0.15, 0.2) is 23.2 Å². The lowest BCUT2D eigenvalue weighted by Crippen LogP contribution is -2.26. The van der Waals surface area contributed by atoms with E-state index in [-0.39, 0.29) is 28.9 Å². The summed E-state index contributed by atoms with van der Waals surface area (Å²) >= 11 is 5.77. The molecule has 0 radical (unpaired) electrons. The fourth-order valence-electron chi connectivity index (χ4n) is 1.93. The minimum absolute atomic E-state index is 0.0507. The van der Waals surface area contributed by atoms with Crippen LogP contribution >= 0.6 is 11.6 Å². The quantitative estimate of drug-likeness (QED) is 0.675. The summed E-state index contributed by atoms with van der Waals surface area (Å²) in [5, 5.41) is 8.59. The Hall–Kier alpha value is -1.18. The number of sulfonamides is 1. The van der Waals surface area contributed by atoms with Crippen molar-refractivity contribution >= 4 is 27.6 Å². The number of nitrogens with zero attached hydrogens (tertiary/aromatic N) is 1. The van der Waals surface area contributed by atoms with Crippen LogP contribution in [0.4, 0.5) is 0 Å². The Labute approximate surface area is 129 Å². The zero-order valence-electron chi connectivity index (χ0n) is 11.8. The highest BCUT2D eigenvalue weighted by Crippen LogP contribution is 2.19. The van der Waals surface area contributed by atoms with Gasteiger partial charge in [-0.1, -0.05) is 24.9 Å². The smallest absolute Gasteiger partial charge is 0.303 e. The lowest BCUT2D eigenvalue weighted by atomic mass is 9.97. The summed E-state index contributed by atoms with van der Waals surface area (Å²) in [5.41, 5.74) is 0. The highest BCUT2D eigenvalue weighted by molar-refractivity contribution is 7.89. The van der Waals surface area contributed by atoms with Crippen molar-refractivity contribution in [1.82, 2.24) is 9.71 Å². The number of carboxylic acid groups (broad SMARTS) is 1. The van der Waals surface area contributed by atoms with E-state index < -0.39 is 16.0 Å². The molecule has 0 saturated heterocycles. The molecule has 6 nitrogen and oxygen atoms in total. The van der Waals surface area contributed by atoms with Gasteiger partial charge in [0.25, 0.3) is 0 Å². The van der Waals surface area contributed by atoms with Crippen molar-refractivity contribution in [2.45, 2.75) is 37.5 Å². The third-order valence-corrected chi connectivity index (χ3v) is 5.11. The van der Waals surface area contributed by atoms with Crippen molar-refractivity contribution in [1.29, 1.82) is 0 Å². The van der Waals surface area contributed by atoms with E-state index in [1.807, 2.05) is 6.92 Å². The average molecular weight is 335 g/mol. The molecule has 118 valence electrons. The van der Waals surface area contributed by atoms with E-state index in [1.165, 1.54) is 18.3 Å². The molecule has 0 aliphatic heterocycles. The number of carboxylic acids is 1. The summed E-state index contributed by atoms with van der Waals surface area (Å²) in [4.78, 5) is 14.2. The van der Waals surface area contributed by atoms with Gasteiger partial charge >= 0.3 is 5.97 Å². The molecule has 1 atom stereocenters. The van der Waals surface area contributed by atoms with E-state index in [1.54, 1.807) is 0 Å². The van der Waals surface area contributed by atoms with Crippen molar-refractivity contribution in [2.24, 2.45) is 5.92 Å². The third-order valence-electron chi connectivity index (χ3n) is 3.20. The largest absolute Gasteiger partial charge is 0.481 e. The van der Waals surface area contributed by atoms with Crippen molar-refractivity contribution in [2.75, 3.05) is 6.54 Å². The Morgan fingerprint density at radius 2 is 2.19 bits per heavy atom. The van der Waals surface area contributed by atoms with E-state index in [0.717, 1.165) is 6.42 Å². The SMILES string of the molecule is CCC(CCNS(=O)(=O)c1cccnc1Cl)CCC(=O)O. The number of rotatable bonds is 9. The molecular formula is C13H19ClN2O4S. The summed E-state index contributed by atoms with van der Waals surface area (Å²) in [6, 6.07) is 2.89. The van der Waals surface area contributed by atoms with Gasteiger partial charge < -0.3 is 5.11 Å². The molecule has 0 amide bonds. The first-order chi connectivity index (χ1) is 9.86. The van der Waals surface area contributed by atoms with Gasteiger partial charge in [0.1, 0.15) is 10.0 Å². The van der Waals surface area contributed by atoms with Gasteiger partial charge in [0.15, 0.2) is 0 Å². The highest BCUT2D eigenvalue weighted by atomic mass is 35.5. The van der Waals surface area contributed by atoms with Crippen LogP contribution < -0.4 is 4.72 Å². The zero-order valence-corrected chi connectivity index (χ0v) is 13.3. The lowest BCUT2D eigenvalue weighted by molar-refractivity contribution is -0.137. The summed E-state index contributed by atoms with van der Waals surface area (Å²) < 4.78 is 26.6. The molecule has 0 bridgehead atoms. The Bertz CT molecular complexity index is 577. The third kappa shape index (κ3) is 5.99. The second kappa shape index (κ2) is 8.31. The van der Waals surface area contributed by atoms with Gasteiger partial charge in [-0.05, 0) is 30.9 Å². The molecule has 2 N–H and O–H groups in total. The fraction of sp³-hybridized carbons (Fsp3) is 0.538. The summed E-state index contributed by atoms with van der Waals surface area (Å²) in [6.07, 6.45) is 3.45. The van der Waals surface area contributed by atoms with Crippen LogP contribution in [0.25, 0.3) is 0 Å². The molecule has 0 aliphatic carbocycles. The maximum Gasteiger partial charge on any atom is 0.303 e. The number of aromatic nitrogens is 1. The maximum absolute atomic E-state index is 12.1. The monoisotopic (exact) mass is 334 g/mol. The highest BCUT2D eigenvalue weighted by Gasteiger charge is 2.18. The van der Waals surface area contributed by atoms with Crippen molar-refractivity contribution in [3.8, 4) is 0 Å². The topological polar surface area (TPSA) is 96.4 Å². The molecule has 1 aromatic rings. The van der Waals surface area contributed by atoms with Crippen molar-refractivity contribution < 1.29 is 18.3 Å². The van der Waals surface area contributed by atoms with E-state index >= 15 is 0 Å². The van der Waals surface area contributed by atoms with Crippen LogP contribution in [0.2, 0.25) is 5.15 Å². The van der Waals surface area contributed by atoms with Crippen LogP contribution in [-0.4, -0.2) is 31.0 Å². The predicted molar refractivity (Wildman–Crippen MR) is 79.7 cm³/mol. The van der Waals surface area contributed by atoms with Gasteiger partial charge in [-0.15, -0.1) is 0 Å². The number of aliphatic carboxylic acids is 1. The van der Waals surface area contributed by atoms with Gasteiger partial charge in [0, 0.05) is 19.2 Å². The van der Waals surface area contributed by atoms with Gasteiger partial charge in [-0.25, -0.2) is 18.1 Å². The van der Waals surface area contributed by atoms with E-state index in [9.17, 15) is 13.2 Å². The molecular weight excluding hydrogens is 316 g/mol. The number of hydrogen-bond donors (Lipinski definition) is 2. The molecule has 21 heavy (non-hydrogen) atoms. The fourth-order valence-corrected chi connectivity index (χ4v) is 3.43. The van der Waals surface area contributed by atoms with Crippen LogP contribution in [0.3, 0.4) is 0 Å². The van der Waals surface area contributed by atoms with Gasteiger partial charge in [0.2, 0.25) is 10.0 Å². The number of pyridine rings is 1. The van der Waals surface area contributed by atoms with Crippen LogP contribution in [0.5, 0.6) is 0 Å². The normalized spacial score (nSPS) is 13.0. The molecule has 0 aromatic carbocycles. The molecule has 8 heteroatoms. The van der Waals surface area contributed by atoms with E-state index in [2.05, 4.69) is 9.71 Å². The maximum atomic E-state index is 12.1. The number of carbonyl (C=O) groups is 1. The van der Waals surface area contributed by atoms with E-state index in [4.69, 9.17) is 16.7 Å². The Morgan fingerprint density at radius 3 is 2.76 bits per heavy atom. The minimum Gasteiger partial charge on any atom is -0.481 e. The van der Waals surface area contributed by atoms with Crippen molar-refractivity contribution in [3.63, 3.8) is 0 Å². The Balaban J connectivity index is 2.54. The zero-order chi connectivity index (χ0) is 15.9. The molecule has 0 spiro atoms. The molecule has 0 fully saturated rings.